The number of amides is 2. The summed E-state index contributed by atoms with van der Waals surface area (Å²) in [5, 5.41) is 2.95. The number of aryl methyl sites for hydroxylation is 2. The van der Waals surface area contributed by atoms with Crippen LogP contribution in [0.4, 0.5) is 5.69 Å². The van der Waals surface area contributed by atoms with E-state index < -0.39 is 28.5 Å². The SMILES string of the molecule is CC[C@@H](C(=O)NCC(C)C)N(Cc1cccc(C)c1)C(=O)CN(c1ccccc1OC)S(=O)(=O)c1ccc(C)cc1. The summed E-state index contributed by atoms with van der Waals surface area (Å²) in [7, 11) is -2.73. The van der Waals surface area contributed by atoms with Crippen molar-refractivity contribution in [2.75, 3.05) is 24.5 Å². The Morgan fingerprint density at radius 2 is 1.61 bits per heavy atom. The van der Waals surface area contributed by atoms with E-state index in [9.17, 15) is 18.0 Å². The Hall–Kier alpha value is -3.85. The number of rotatable bonds is 13. The molecule has 0 aliphatic rings. The van der Waals surface area contributed by atoms with E-state index in [0.29, 0.717) is 18.7 Å². The summed E-state index contributed by atoms with van der Waals surface area (Å²) in [6.07, 6.45) is 0.362. The van der Waals surface area contributed by atoms with Crippen LogP contribution in [0.3, 0.4) is 0 Å². The van der Waals surface area contributed by atoms with Crippen LogP contribution in [0.1, 0.15) is 43.9 Å². The lowest BCUT2D eigenvalue weighted by Crippen LogP contribution is -2.52. The van der Waals surface area contributed by atoms with Crippen molar-refractivity contribution in [3.63, 3.8) is 0 Å². The highest BCUT2D eigenvalue weighted by molar-refractivity contribution is 7.92. The van der Waals surface area contributed by atoms with E-state index in [1.807, 2.05) is 58.9 Å². The van der Waals surface area contributed by atoms with Crippen LogP contribution in [-0.4, -0.2) is 51.4 Å². The first-order valence-electron chi connectivity index (χ1n) is 13.8. The summed E-state index contributed by atoms with van der Waals surface area (Å²) in [4.78, 5) is 29.1. The van der Waals surface area contributed by atoms with Crippen LogP contribution in [0.25, 0.3) is 0 Å². The minimum atomic E-state index is -4.18. The molecule has 0 aliphatic heterocycles. The first kappa shape index (κ1) is 31.7. The molecule has 0 bridgehead atoms. The maximum Gasteiger partial charge on any atom is 0.264 e. The molecule has 3 aromatic carbocycles. The molecule has 0 spiro atoms. The van der Waals surface area contributed by atoms with Gasteiger partial charge >= 0.3 is 0 Å². The fourth-order valence-electron chi connectivity index (χ4n) is 4.54. The maximum atomic E-state index is 14.2. The molecule has 0 heterocycles. The third-order valence-corrected chi connectivity index (χ3v) is 8.52. The zero-order valence-corrected chi connectivity index (χ0v) is 25.6. The number of anilines is 1. The molecule has 0 fully saturated rings. The lowest BCUT2D eigenvalue weighted by atomic mass is 10.1. The first-order chi connectivity index (χ1) is 19.5. The Labute approximate surface area is 244 Å². The van der Waals surface area contributed by atoms with Crippen LogP contribution in [0, 0.1) is 19.8 Å². The van der Waals surface area contributed by atoms with Gasteiger partial charge in [-0.25, -0.2) is 8.42 Å². The van der Waals surface area contributed by atoms with Gasteiger partial charge in [-0.1, -0.05) is 80.4 Å². The maximum absolute atomic E-state index is 14.2. The highest BCUT2D eigenvalue weighted by atomic mass is 32.2. The molecular weight excluding hydrogens is 538 g/mol. The lowest BCUT2D eigenvalue weighted by molar-refractivity contribution is -0.140. The van der Waals surface area contributed by atoms with Gasteiger partial charge < -0.3 is 15.0 Å². The van der Waals surface area contributed by atoms with Gasteiger partial charge in [-0.2, -0.15) is 0 Å². The van der Waals surface area contributed by atoms with Gasteiger partial charge in [-0.05, 0) is 56.0 Å². The number of sulfonamides is 1. The van der Waals surface area contributed by atoms with Crippen LogP contribution in [-0.2, 0) is 26.2 Å². The number of carbonyl (C=O) groups is 2. The summed E-state index contributed by atoms with van der Waals surface area (Å²) in [5.41, 5.74) is 3.01. The second-order valence-electron chi connectivity index (χ2n) is 10.6. The van der Waals surface area contributed by atoms with Crippen LogP contribution in [0.2, 0.25) is 0 Å². The van der Waals surface area contributed by atoms with E-state index in [1.165, 1.54) is 24.1 Å². The van der Waals surface area contributed by atoms with Gasteiger partial charge in [-0.3, -0.25) is 13.9 Å². The Kier molecular flexibility index (Phi) is 10.9. The van der Waals surface area contributed by atoms with Gasteiger partial charge in [0.05, 0.1) is 17.7 Å². The second-order valence-corrected chi connectivity index (χ2v) is 12.4. The van der Waals surface area contributed by atoms with Crippen LogP contribution < -0.4 is 14.4 Å². The van der Waals surface area contributed by atoms with Crippen molar-refractivity contribution in [1.82, 2.24) is 10.2 Å². The number of nitrogens with zero attached hydrogens (tertiary/aromatic N) is 2. The quantitative estimate of drug-likeness (QED) is 0.305. The van der Waals surface area contributed by atoms with Gasteiger partial charge in [0, 0.05) is 13.1 Å². The molecule has 0 radical (unpaired) electrons. The number of ether oxygens (including phenoxy) is 1. The number of nitrogens with one attached hydrogen (secondary N) is 1. The lowest BCUT2D eigenvalue weighted by Gasteiger charge is -2.33. The number of hydrogen-bond donors (Lipinski definition) is 1. The fraction of sp³-hybridized carbons (Fsp3) is 0.375. The van der Waals surface area contributed by atoms with Crippen molar-refractivity contribution < 1.29 is 22.7 Å². The molecule has 3 aromatic rings. The summed E-state index contributed by atoms with van der Waals surface area (Å²) in [6, 6.07) is 20.1. The predicted molar refractivity (Wildman–Crippen MR) is 162 cm³/mol. The van der Waals surface area contributed by atoms with E-state index in [-0.39, 0.29) is 29.0 Å². The number of carbonyl (C=O) groups excluding carboxylic acids is 2. The zero-order valence-electron chi connectivity index (χ0n) is 24.8. The number of hydrogen-bond acceptors (Lipinski definition) is 5. The average molecular weight is 580 g/mol. The minimum absolute atomic E-state index is 0.0498. The molecule has 3 rings (SSSR count). The highest BCUT2D eigenvalue weighted by Crippen LogP contribution is 2.32. The molecular formula is C32H41N3O5S. The average Bonchev–Trinajstić information content (AvgIpc) is 2.94. The molecule has 1 N–H and O–H groups in total. The van der Waals surface area contributed by atoms with Gasteiger partial charge in [0.25, 0.3) is 10.0 Å². The summed E-state index contributed by atoms with van der Waals surface area (Å²) in [5.74, 6) is -0.229. The van der Waals surface area contributed by atoms with Crippen molar-refractivity contribution in [1.29, 1.82) is 0 Å². The van der Waals surface area contributed by atoms with Gasteiger partial charge in [0.2, 0.25) is 11.8 Å². The highest BCUT2D eigenvalue weighted by Gasteiger charge is 2.34. The van der Waals surface area contributed by atoms with Crippen molar-refractivity contribution in [2.45, 2.75) is 58.5 Å². The summed E-state index contributed by atoms with van der Waals surface area (Å²) < 4.78 is 34.7. The van der Waals surface area contributed by atoms with Gasteiger partial charge in [-0.15, -0.1) is 0 Å². The molecule has 2 amide bonds. The van der Waals surface area contributed by atoms with E-state index >= 15 is 0 Å². The first-order valence-corrected chi connectivity index (χ1v) is 15.3. The molecule has 220 valence electrons. The zero-order chi connectivity index (χ0) is 30.2. The van der Waals surface area contributed by atoms with Gasteiger partial charge in [0.1, 0.15) is 18.3 Å². The monoisotopic (exact) mass is 579 g/mol. The largest absolute Gasteiger partial charge is 0.495 e. The molecule has 1 atom stereocenters. The Balaban J connectivity index is 2.08. The number of benzene rings is 3. The molecule has 0 saturated heterocycles. The van der Waals surface area contributed by atoms with Crippen molar-refractivity contribution in [3.8, 4) is 5.75 Å². The van der Waals surface area contributed by atoms with E-state index in [4.69, 9.17) is 4.74 Å². The Bertz CT molecular complexity index is 1440. The Morgan fingerprint density at radius 1 is 0.927 bits per heavy atom. The molecule has 0 aliphatic carbocycles. The molecule has 0 aromatic heterocycles. The van der Waals surface area contributed by atoms with Crippen molar-refractivity contribution >= 4 is 27.5 Å². The third-order valence-electron chi connectivity index (χ3n) is 6.75. The molecule has 0 saturated carbocycles. The number of para-hydroxylation sites is 2. The summed E-state index contributed by atoms with van der Waals surface area (Å²) in [6.45, 7) is 9.77. The molecule has 0 unspecified atom stereocenters. The van der Waals surface area contributed by atoms with Crippen molar-refractivity contribution in [2.24, 2.45) is 5.92 Å². The summed E-state index contributed by atoms with van der Waals surface area (Å²) >= 11 is 0. The fourth-order valence-corrected chi connectivity index (χ4v) is 5.96. The predicted octanol–water partition coefficient (Wildman–Crippen LogP) is 5.09. The third kappa shape index (κ3) is 8.10. The van der Waals surface area contributed by atoms with Crippen molar-refractivity contribution in [3.05, 3.63) is 89.5 Å². The van der Waals surface area contributed by atoms with Crippen LogP contribution >= 0.6 is 0 Å². The normalized spacial score (nSPS) is 12.1. The van der Waals surface area contributed by atoms with E-state index in [1.54, 1.807) is 36.4 Å². The van der Waals surface area contributed by atoms with E-state index in [2.05, 4.69) is 5.32 Å². The Morgan fingerprint density at radius 3 is 2.22 bits per heavy atom. The van der Waals surface area contributed by atoms with Crippen LogP contribution in [0.5, 0.6) is 5.75 Å². The van der Waals surface area contributed by atoms with Crippen LogP contribution in [0.15, 0.2) is 77.7 Å². The molecule has 8 nitrogen and oxygen atoms in total. The molecule has 9 heteroatoms. The topological polar surface area (TPSA) is 96.0 Å². The second kappa shape index (κ2) is 14.2. The smallest absolute Gasteiger partial charge is 0.264 e. The minimum Gasteiger partial charge on any atom is -0.495 e. The van der Waals surface area contributed by atoms with Gasteiger partial charge in [0.15, 0.2) is 0 Å². The van der Waals surface area contributed by atoms with E-state index in [0.717, 1.165) is 21.0 Å². The standard InChI is InChI=1S/C32H41N3O5S/c1-7-28(32(37)33-20-23(2)3)34(21-26-12-10-11-25(5)19-26)31(36)22-35(29-13-8-9-14-30(29)40-6)41(38,39)27-17-15-24(4)16-18-27/h8-19,23,28H,7,20-22H2,1-6H3,(H,33,37)/t28-/m0/s1. The number of methoxy groups -OCH3 is 1. The molecule has 41 heavy (non-hydrogen) atoms.